The van der Waals surface area contributed by atoms with E-state index in [1.54, 1.807) is 11.3 Å². The maximum atomic E-state index is 5.49. The molecule has 0 fully saturated rings. The molecule has 6 nitrogen and oxygen atoms in total. The molecule has 0 aliphatic rings. The molecule has 0 bridgehead atoms. The first-order valence-corrected chi connectivity index (χ1v) is 6.96. The van der Waals surface area contributed by atoms with Gasteiger partial charge in [-0.15, -0.1) is 11.3 Å². The predicted molar refractivity (Wildman–Crippen MR) is 78.1 cm³/mol. The summed E-state index contributed by atoms with van der Waals surface area (Å²) < 4.78 is 0. The number of nitrogens with zero attached hydrogens (tertiary/aromatic N) is 3. The van der Waals surface area contributed by atoms with E-state index in [0.717, 1.165) is 22.1 Å². The Balaban J connectivity index is 2.19. The van der Waals surface area contributed by atoms with Gasteiger partial charge in [0.15, 0.2) is 0 Å². The molecule has 0 aromatic carbocycles. The summed E-state index contributed by atoms with van der Waals surface area (Å²) in [4.78, 5) is 12.8. The third-order valence-corrected chi connectivity index (χ3v) is 3.52. The summed E-state index contributed by atoms with van der Waals surface area (Å²) in [5.74, 6) is 7.21. The third kappa shape index (κ3) is 3.18. The van der Waals surface area contributed by atoms with Crippen molar-refractivity contribution in [2.45, 2.75) is 33.2 Å². The molecule has 2 rings (SSSR count). The minimum Gasteiger partial charge on any atom is -0.364 e. The van der Waals surface area contributed by atoms with Crippen LogP contribution in [0.4, 0.5) is 11.6 Å². The summed E-state index contributed by atoms with van der Waals surface area (Å²) >= 11 is 1.64. The van der Waals surface area contributed by atoms with Gasteiger partial charge < -0.3 is 10.7 Å². The number of aryl methyl sites for hydroxylation is 1. The lowest BCUT2D eigenvalue weighted by molar-refractivity contribution is 0.843. The monoisotopic (exact) mass is 278 g/mol. The second-order valence-corrected chi connectivity index (χ2v) is 5.56. The van der Waals surface area contributed by atoms with E-state index in [9.17, 15) is 0 Å². The average Bonchev–Trinajstić information content (AvgIpc) is 2.81. The number of anilines is 2. The molecule has 2 heterocycles. The van der Waals surface area contributed by atoms with Crippen molar-refractivity contribution in [2.75, 3.05) is 10.7 Å². The van der Waals surface area contributed by atoms with Gasteiger partial charge in [-0.2, -0.15) is 0 Å². The lowest BCUT2D eigenvalue weighted by Crippen LogP contribution is -2.15. The van der Waals surface area contributed by atoms with Crippen LogP contribution in [0.1, 0.15) is 36.0 Å². The molecule has 0 saturated carbocycles. The summed E-state index contributed by atoms with van der Waals surface area (Å²) in [5, 5.41) is 6.40. The number of nitrogens with one attached hydrogen (secondary N) is 2. The molecule has 102 valence electrons. The average molecular weight is 278 g/mol. The van der Waals surface area contributed by atoms with Crippen molar-refractivity contribution in [3.05, 3.63) is 28.0 Å². The molecule has 19 heavy (non-hydrogen) atoms. The number of hydrogen-bond acceptors (Lipinski definition) is 7. The number of thiazole rings is 1. The fourth-order valence-corrected chi connectivity index (χ4v) is 2.47. The zero-order valence-electron chi connectivity index (χ0n) is 11.3. The summed E-state index contributed by atoms with van der Waals surface area (Å²) in [6.07, 6.45) is 1.50. The Hall–Kier alpha value is -1.73. The van der Waals surface area contributed by atoms with Crippen molar-refractivity contribution in [2.24, 2.45) is 5.84 Å². The van der Waals surface area contributed by atoms with Gasteiger partial charge in [0, 0.05) is 10.9 Å². The summed E-state index contributed by atoms with van der Waals surface area (Å²) in [7, 11) is 0. The molecule has 0 spiro atoms. The Morgan fingerprint density at radius 2 is 2.05 bits per heavy atom. The highest BCUT2D eigenvalue weighted by atomic mass is 32.1. The largest absolute Gasteiger partial charge is 0.364 e. The van der Waals surface area contributed by atoms with Crippen molar-refractivity contribution >= 4 is 23.0 Å². The summed E-state index contributed by atoms with van der Waals surface area (Å²) in [5.41, 5.74) is 4.61. The van der Waals surface area contributed by atoms with E-state index in [0.29, 0.717) is 12.4 Å². The Labute approximate surface area is 116 Å². The number of rotatable bonds is 5. The number of nitrogen functional groups attached to an aromatic ring is 1. The van der Waals surface area contributed by atoms with Gasteiger partial charge in [-0.3, -0.25) is 0 Å². The maximum Gasteiger partial charge on any atom is 0.148 e. The van der Waals surface area contributed by atoms with E-state index >= 15 is 0 Å². The van der Waals surface area contributed by atoms with Crippen LogP contribution in [0.15, 0.2) is 11.7 Å². The van der Waals surface area contributed by atoms with Crippen LogP contribution in [0.5, 0.6) is 0 Å². The Morgan fingerprint density at radius 1 is 1.32 bits per heavy atom. The standard InChI is InChI=1S/C12H18N6S/c1-7(2)10-11(15-6-16-12(10)18-13)14-4-9-5-19-8(3)17-9/h5-7H,4,13H2,1-3H3,(H2,14,15,16,18). The van der Waals surface area contributed by atoms with Crippen LogP contribution in [-0.2, 0) is 6.54 Å². The maximum absolute atomic E-state index is 5.49. The van der Waals surface area contributed by atoms with Gasteiger partial charge in [-0.05, 0) is 12.8 Å². The molecule has 2 aromatic rings. The highest BCUT2D eigenvalue weighted by Crippen LogP contribution is 2.27. The lowest BCUT2D eigenvalue weighted by atomic mass is 10.0. The first-order valence-electron chi connectivity index (χ1n) is 6.08. The van der Waals surface area contributed by atoms with Gasteiger partial charge in [0.1, 0.15) is 18.0 Å². The summed E-state index contributed by atoms with van der Waals surface area (Å²) in [6.45, 7) is 6.80. The zero-order valence-corrected chi connectivity index (χ0v) is 12.1. The molecule has 0 unspecified atom stereocenters. The SMILES string of the molecule is Cc1nc(CNc2ncnc(NN)c2C(C)C)cs1. The second kappa shape index (κ2) is 5.94. The van der Waals surface area contributed by atoms with E-state index in [4.69, 9.17) is 5.84 Å². The van der Waals surface area contributed by atoms with Gasteiger partial charge >= 0.3 is 0 Å². The molecule has 0 saturated heterocycles. The molecule has 2 aromatic heterocycles. The fourth-order valence-electron chi connectivity index (χ4n) is 1.86. The molecular weight excluding hydrogens is 260 g/mol. The fraction of sp³-hybridized carbons (Fsp3) is 0.417. The second-order valence-electron chi connectivity index (χ2n) is 4.50. The highest BCUT2D eigenvalue weighted by molar-refractivity contribution is 7.09. The van der Waals surface area contributed by atoms with Crippen molar-refractivity contribution in [1.82, 2.24) is 15.0 Å². The highest BCUT2D eigenvalue weighted by Gasteiger charge is 2.14. The molecule has 7 heteroatoms. The molecule has 0 amide bonds. The Kier molecular flexibility index (Phi) is 4.28. The zero-order chi connectivity index (χ0) is 13.8. The van der Waals surface area contributed by atoms with E-state index in [2.05, 4.69) is 39.5 Å². The van der Waals surface area contributed by atoms with Crippen LogP contribution in [-0.4, -0.2) is 15.0 Å². The van der Waals surface area contributed by atoms with Gasteiger partial charge in [-0.25, -0.2) is 20.8 Å². The van der Waals surface area contributed by atoms with E-state index in [1.807, 2.05) is 12.3 Å². The minimum absolute atomic E-state index is 0.270. The van der Waals surface area contributed by atoms with Gasteiger partial charge in [0.05, 0.1) is 17.2 Å². The van der Waals surface area contributed by atoms with Gasteiger partial charge in [0.25, 0.3) is 0 Å². The van der Waals surface area contributed by atoms with Gasteiger partial charge in [0.2, 0.25) is 0 Å². The van der Waals surface area contributed by atoms with Crippen LogP contribution in [0.25, 0.3) is 0 Å². The molecular formula is C12H18N6S. The molecule has 0 aliphatic heterocycles. The van der Waals surface area contributed by atoms with Crippen molar-refractivity contribution in [3.63, 3.8) is 0 Å². The minimum atomic E-state index is 0.270. The van der Waals surface area contributed by atoms with Crippen LogP contribution in [0.3, 0.4) is 0 Å². The number of hydrogen-bond donors (Lipinski definition) is 3. The van der Waals surface area contributed by atoms with Crippen LogP contribution >= 0.6 is 11.3 Å². The normalized spacial score (nSPS) is 10.8. The topological polar surface area (TPSA) is 88.8 Å². The van der Waals surface area contributed by atoms with Gasteiger partial charge in [-0.1, -0.05) is 13.8 Å². The lowest BCUT2D eigenvalue weighted by Gasteiger charge is -2.15. The van der Waals surface area contributed by atoms with Crippen LogP contribution in [0, 0.1) is 6.92 Å². The van der Waals surface area contributed by atoms with E-state index in [-0.39, 0.29) is 5.92 Å². The number of nitrogens with two attached hydrogens (primary N) is 1. The van der Waals surface area contributed by atoms with Crippen molar-refractivity contribution in [3.8, 4) is 0 Å². The molecule has 0 aliphatic carbocycles. The number of hydrazine groups is 1. The Morgan fingerprint density at radius 3 is 2.63 bits per heavy atom. The molecule has 4 N–H and O–H groups in total. The van der Waals surface area contributed by atoms with E-state index < -0.39 is 0 Å². The smallest absolute Gasteiger partial charge is 0.148 e. The summed E-state index contributed by atoms with van der Waals surface area (Å²) in [6, 6.07) is 0. The van der Waals surface area contributed by atoms with E-state index in [1.165, 1.54) is 6.33 Å². The number of aromatic nitrogens is 3. The Bertz CT molecular complexity index is 551. The van der Waals surface area contributed by atoms with Crippen molar-refractivity contribution in [1.29, 1.82) is 0 Å². The van der Waals surface area contributed by atoms with Crippen LogP contribution < -0.4 is 16.6 Å². The third-order valence-electron chi connectivity index (χ3n) is 2.70. The first kappa shape index (κ1) is 13.7. The molecule has 0 radical (unpaired) electrons. The molecule has 0 atom stereocenters. The predicted octanol–water partition coefficient (Wildman–Crippen LogP) is 2.26. The van der Waals surface area contributed by atoms with Crippen molar-refractivity contribution < 1.29 is 0 Å². The first-order chi connectivity index (χ1) is 9.11. The quantitative estimate of drug-likeness (QED) is 0.574. The van der Waals surface area contributed by atoms with Crippen LogP contribution in [0.2, 0.25) is 0 Å².